The SMILES string of the molecule is COc1ccc(/C=N\N2C(=O)[C@H]3[C@H](C2=O)[C@H]2C=C[C@H]3C23CC3)cc1[N+](=O)[O-]. The summed E-state index contributed by atoms with van der Waals surface area (Å²) in [5.74, 6) is -0.704. The number of ether oxygens (including phenoxy) is 1. The summed E-state index contributed by atoms with van der Waals surface area (Å²) >= 11 is 0. The molecule has 1 aromatic carbocycles. The molecule has 27 heavy (non-hydrogen) atoms. The Hall–Kier alpha value is -3.03. The number of fused-ring (bicyclic) bond motifs is 3. The normalized spacial score (nSPS) is 32.0. The predicted molar refractivity (Wildman–Crippen MR) is 93.9 cm³/mol. The summed E-state index contributed by atoms with van der Waals surface area (Å²) in [5, 5.41) is 16.2. The molecule has 1 aromatic rings. The largest absolute Gasteiger partial charge is 0.490 e. The van der Waals surface area contributed by atoms with Gasteiger partial charge in [-0.1, -0.05) is 12.2 Å². The van der Waals surface area contributed by atoms with Crippen molar-refractivity contribution in [3.8, 4) is 5.75 Å². The van der Waals surface area contributed by atoms with Gasteiger partial charge < -0.3 is 4.74 Å². The van der Waals surface area contributed by atoms with Crippen LogP contribution in [0.1, 0.15) is 18.4 Å². The number of allylic oxidation sites excluding steroid dienone is 2. The molecule has 0 radical (unpaired) electrons. The molecule has 8 heteroatoms. The number of hydrogen-bond donors (Lipinski definition) is 0. The Bertz CT molecular complexity index is 915. The second kappa shape index (κ2) is 5.25. The van der Waals surface area contributed by atoms with Crippen molar-refractivity contribution in [3.05, 3.63) is 46.0 Å². The van der Waals surface area contributed by atoms with Crippen LogP contribution in [0.25, 0.3) is 0 Å². The highest BCUT2D eigenvalue weighted by Gasteiger charge is 2.73. The van der Waals surface area contributed by atoms with E-state index in [0.29, 0.717) is 5.56 Å². The van der Waals surface area contributed by atoms with Gasteiger partial charge in [0, 0.05) is 11.6 Å². The fraction of sp³-hybridized carbons (Fsp3) is 0.421. The van der Waals surface area contributed by atoms with Crippen molar-refractivity contribution in [2.45, 2.75) is 12.8 Å². The van der Waals surface area contributed by atoms with Crippen molar-refractivity contribution in [1.82, 2.24) is 5.01 Å². The summed E-state index contributed by atoms with van der Waals surface area (Å²) in [6.45, 7) is 0. The standard InChI is InChI=1S/C19H17N3O5/c1-27-14-5-2-10(8-13(14)22(25)26)9-20-21-17(23)15-11-3-4-12(16(15)18(21)24)19(11)6-7-19/h2-5,8-9,11-12,15-16H,6-7H2,1H3/b20-9-/t11-,12-,15-,16-/m1/s1. The highest BCUT2D eigenvalue weighted by molar-refractivity contribution is 6.07. The first kappa shape index (κ1) is 16.2. The van der Waals surface area contributed by atoms with Crippen LogP contribution >= 0.6 is 0 Å². The van der Waals surface area contributed by atoms with Crippen molar-refractivity contribution in [3.63, 3.8) is 0 Å². The van der Waals surface area contributed by atoms with Gasteiger partial charge in [-0.3, -0.25) is 19.7 Å². The van der Waals surface area contributed by atoms with Crippen molar-refractivity contribution in [2.75, 3.05) is 7.11 Å². The monoisotopic (exact) mass is 367 g/mol. The summed E-state index contributed by atoms with van der Waals surface area (Å²) < 4.78 is 4.97. The van der Waals surface area contributed by atoms with Crippen molar-refractivity contribution in [1.29, 1.82) is 0 Å². The molecule has 0 aromatic heterocycles. The van der Waals surface area contributed by atoms with Gasteiger partial charge in [-0.2, -0.15) is 10.1 Å². The van der Waals surface area contributed by atoms with Crippen LogP contribution in [0, 0.1) is 39.2 Å². The molecule has 0 unspecified atom stereocenters. The first-order valence-corrected chi connectivity index (χ1v) is 8.90. The van der Waals surface area contributed by atoms with Crippen LogP contribution in [0.3, 0.4) is 0 Å². The molecule has 1 heterocycles. The number of benzene rings is 1. The first-order valence-electron chi connectivity index (χ1n) is 8.90. The summed E-state index contributed by atoms with van der Waals surface area (Å²) in [4.78, 5) is 36.2. The zero-order valence-corrected chi connectivity index (χ0v) is 14.6. The van der Waals surface area contributed by atoms with Gasteiger partial charge in [-0.15, -0.1) is 0 Å². The maximum atomic E-state index is 12.8. The van der Waals surface area contributed by atoms with E-state index in [4.69, 9.17) is 4.74 Å². The maximum absolute atomic E-state index is 12.8. The van der Waals surface area contributed by atoms with Crippen LogP contribution in [0.4, 0.5) is 5.69 Å². The molecule has 2 amide bonds. The van der Waals surface area contributed by atoms with E-state index in [1.54, 1.807) is 6.07 Å². The number of rotatable bonds is 4. The van der Waals surface area contributed by atoms with E-state index in [2.05, 4.69) is 17.3 Å². The number of methoxy groups -OCH3 is 1. The lowest BCUT2D eigenvalue weighted by molar-refractivity contribution is -0.385. The fourth-order valence-corrected chi connectivity index (χ4v) is 5.23. The third-order valence-electron chi connectivity index (χ3n) is 6.55. The van der Waals surface area contributed by atoms with Crippen LogP contribution < -0.4 is 4.74 Å². The van der Waals surface area contributed by atoms with Gasteiger partial charge in [-0.25, -0.2) is 0 Å². The molecule has 138 valence electrons. The van der Waals surface area contributed by atoms with Gasteiger partial charge >= 0.3 is 5.69 Å². The van der Waals surface area contributed by atoms with E-state index in [1.807, 2.05) is 0 Å². The smallest absolute Gasteiger partial charge is 0.311 e. The number of nitro benzene ring substituents is 1. The third-order valence-corrected chi connectivity index (χ3v) is 6.55. The maximum Gasteiger partial charge on any atom is 0.311 e. The molecular formula is C19H17N3O5. The van der Waals surface area contributed by atoms with E-state index in [0.717, 1.165) is 17.9 Å². The van der Waals surface area contributed by atoms with Crippen LogP contribution in [0.2, 0.25) is 0 Å². The van der Waals surface area contributed by atoms with Crippen molar-refractivity contribution in [2.24, 2.45) is 34.2 Å². The van der Waals surface area contributed by atoms with Crippen LogP contribution in [0.15, 0.2) is 35.5 Å². The topological polar surface area (TPSA) is 102 Å². The van der Waals surface area contributed by atoms with Gasteiger partial charge in [0.15, 0.2) is 5.75 Å². The van der Waals surface area contributed by atoms with E-state index < -0.39 is 4.92 Å². The lowest BCUT2D eigenvalue weighted by Gasteiger charge is -2.18. The number of amides is 2. The second-order valence-electron chi connectivity index (χ2n) is 7.64. The molecule has 2 saturated carbocycles. The lowest BCUT2D eigenvalue weighted by atomic mass is 9.85. The quantitative estimate of drug-likeness (QED) is 0.267. The van der Waals surface area contributed by atoms with E-state index in [1.165, 1.54) is 25.5 Å². The average molecular weight is 367 g/mol. The van der Waals surface area contributed by atoms with Crippen LogP contribution in [0.5, 0.6) is 5.75 Å². The molecule has 2 bridgehead atoms. The summed E-state index contributed by atoms with van der Waals surface area (Å²) in [6, 6.07) is 4.35. The van der Waals surface area contributed by atoms with Crippen LogP contribution in [-0.2, 0) is 9.59 Å². The molecule has 1 aliphatic heterocycles. The Labute approximate surface area is 154 Å². The van der Waals surface area contributed by atoms with Crippen LogP contribution in [-0.4, -0.2) is 35.1 Å². The van der Waals surface area contributed by atoms with Gasteiger partial charge in [0.25, 0.3) is 11.8 Å². The van der Waals surface area contributed by atoms with E-state index >= 15 is 0 Å². The molecule has 0 N–H and O–H groups in total. The number of carbonyl (C=O) groups excluding carboxylic acids is 2. The zero-order valence-electron chi connectivity index (χ0n) is 14.6. The molecule has 5 rings (SSSR count). The summed E-state index contributed by atoms with van der Waals surface area (Å²) in [5.41, 5.74) is 0.364. The fourth-order valence-electron chi connectivity index (χ4n) is 5.23. The Balaban J connectivity index is 1.41. The minimum absolute atomic E-state index is 0.136. The average Bonchev–Trinajstić information content (AvgIpc) is 3.26. The molecule has 3 fully saturated rings. The lowest BCUT2D eigenvalue weighted by Crippen LogP contribution is -2.30. The predicted octanol–water partition coefficient (Wildman–Crippen LogP) is 2.13. The van der Waals surface area contributed by atoms with Crippen molar-refractivity contribution < 1.29 is 19.2 Å². The molecule has 1 spiro atoms. The molecule has 4 atom stereocenters. The summed E-state index contributed by atoms with van der Waals surface area (Å²) in [7, 11) is 1.35. The third kappa shape index (κ3) is 2.01. The number of hydrazone groups is 1. The number of carbonyl (C=O) groups is 2. The van der Waals surface area contributed by atoms with E-state index in [9.17, 15) is 19.7 Å². The second-order valence-corrected chi connectivity index (χ2v) is 7.64. The van der Waals surface area contributed by atoms with Gasteiger partial charge in [0.1, 0.15) is 0 Å². The van der Waals surface area contributed by atoms with Gasteiger partial charge in [0.05, 0.1) is 30.1 Å². The Morgan fingerprint density at radius 3 is 2.37 bits per heavy atom. The first-order chi connectivity index (χ1) is 13.0. The number of hydrogen-bond acceptors (Lipinski definition) is 6. The Kier molecular flexibility index (Phi) is 3.14. The highest BCUT2D eigenvalue weighted by atomic mass is 16.6. The molecule has 8 nitrogen and oxygen atoms in total. The van der Waals surface area contributed by atoms with Gasteiger partial charge in [-0.05, 0) is 42.2 Å². The molecule has 1 saturated heterocycles. The minimum Gasteiger partial charge on any atom is -0.490 e. The Morgan fingerprint density at radius 1 is 1.22 bits per heavy atom. The summed E-state index contributed by atoms with van der Waals surface area (Å²) in [6.07, 6.45) is 7.68. The molecule has 3 aliphatic carbocycles. The minimum atomic E-state index is -0.550. The Morgan fingerprint density at radius 2 is 1.85 bits per heavy atom. The zero-order chi connectivity index (χ0) is 18.9. The highest BCUT2D eigenvalue weighted by Crippen LogP contribution is 2.73. The number of imide groups is 1. The number of nitrogens with zero attached hydrogens (tertiary/aromatic N) is 3. The van der Waals surface area contributed by atoms with E-state index in [-0.39, 0.29) is 52.3 Å². The van der Waals surface area contributed by atoms with Crippen molar-refractivity contribution >= 4 is 23.7 Å². The number of nitro groups is 1. The molecular weight excluding hydrogens is 350 g/mol. The van der Waals surface area contributed by atoms with Gasteiger partial charge in [0.2, 0.25) is 0 Å². The molecule has 4 aliphatic rings.